The second kappa shape index (κ2) is 6.44. The molecule has 116 valence electrons. The summed E-state index contributed by atoms with van der Waals surface area (Å²) in [5.74, 6) is -0.729. The summed E-state index contributed by atoms with van der Waals surface area (Å²) in [7, 11) is 0. The smallest absolute Gasteiger partial charge is 0.354 e. The van der Waals surface area contributed by atoms with Gasteiger partial charge in [-0.25, -0.2) is 9.18 Å². The first-order chi connectivity index (χ1) is 11.2. The quantitative estimate of drug-likeness (QED) is 0.739. The van der Waals surface area contributed by atoms with E-state index in [0.717, 1.165) is 22.4 Å². The van der Waals surface area contributed by atoms with Crippen molar-refractivity contribution in [2.24, 2.45) is 0 Å². The first-order valence-electron chi connectivity index (χ1n) is 7.25. The molecule has 1 aromatic carbocycles. The Morgan fingerprint density at radius 1 is 1.13 bits per heavy atom. The number of H-pyrrole nitrogens is 1. The molecule has 0 saturated carbocycles. The Bertz CT molecular complexity index is 811. The summed E-state index contributed by atoms with van der Waals surface area (Å²) in [4.78, 5) is 19.1. The zero-order valence-electron chi connectivity index (χ0n) is 12.5. The maximum atomic E-state index is 13.2. The van der Waals surface area contributed by atoms with Crippen LogP contribution in [0.3, 0.4) is 0 Å². The van der Waals surface area contributed by atoms with Crippen molar-refractivity contribution in [1.82, 2.24) is 9.97 Å². The van der Waals surface area contributed by atoms with Gasteiger partial charge in [0.2, 0.25) is 0 Å². The van der Waals surface area contributed by atoms with Crippen LogP contribution in [0.15, 0.2) is 54.9 Å². The van der Waals surface area contributed by atoms with Crippen molar-refractivity contribution in [3.63, 3.8) is 0 Å². The normalized spacial score (nSPS) is 10.5. The van der Waals surface area contributed by atoms with E-state index < -0.39 is 5.97 Å². The van der Waals surface area contributed by atoms with Crippen molar-refractivity contribution in [1.29, 1.82) is 0 Å². The molecule has 23 heavy (non-hydrogen) atoms. The fraction of sp³-hybridized carbons (Fsp3) is 0.111. The van der Waals surface area contributed by atoms with Crippen LogP contribution < -0.4 is 0 Å². The molecule has 0 aliphatic heterocycles. The van der Waals surface area contributed by atoms with E-state index in [2.05, 4.69) is 9.97 Å². The van der Waals surface area contributed by atoms with Gasteiger partial charge in [0.25, 0.3) is 0 Å². The highest BCUT2D eigenvalue weighted by atomic mass is 19.1. The number of nitrogens with zero attached hydrogens (tertiary/aromatic N) is 1. The molecule has 0 spiro atoms. The number of aromatic amines is 1. The number of nitrogens with one attached hydrogen (secondary N) is 1. The third kappa shape index (κ3) is 3.13. The van der Waals surface area contributed by atoms with Crippen molar-refractivity contribution in [2.75, 3.05) is 6.61 Å². The lowest BCUT2D eigenvalue weighted by Crippen LogP contribution is -2.04. The molecule has 0 amide bonds. The second-order valence-corrected chi connectivity index (χ2v) is 4.93. The standard InChI is InChI=1S/C18H15FN2O2/c1-2-23-18(22)16-11-15(12-7-9-20-10-8-12)17(21-16)13-3-5-14(19)6-4-13/h3-11,21H,2H2,1H3. The second-order valence-electron chi connectivity index (χ2n) is 4.93. The lowest BCUT2D eigenvalue weighted by molar-refractivity contribution is 0.0520. The molecule has 0 saturated heterocycles. The third-order valence-corrected chi connectivity index (χ3v) is 3.44. The monoisotopic (exact) mass is 310 g/mol. The molecule has 5 heteroatoms. The predicted molar refractivity (Wildman–Crippen MR) is 85.4 cm³/mol. The molecule has 2 heterocycles. The summed E-state index contributed by atoms with van der Waals surface area (Å²) in [5, 5.41) is 0. The maximum absolute atomic E-state index is 13.2. The number of aromatic nitrogens is 2. The van der Waals surface area contributed by atoms with Gasteiger partial charge in [0.05, 0.1) is 12.3 Å². The first kappa shape index (κ1) is 15.0. The van der Waals surface area contributed by atoms with Gasteiger partial charge in [0.15, 0.2) is 0 Å². The summed E-state index contributed by atoms with van der Waals surface area (Å²) in [6.07, 6.45) is 3.36. The van der Waals surface area contributed by atoms with E-state index >= 15 is 0 Å². The number of hydrogen-bond donors (Lipinski definition) is 1. The fourth-order valence-corrected chi connectivity index (χ4v) is 2.38. The molecule has 0 fully saturated rings. The van der Waals surface area contributed by atoms with E-state index in [1.165, 1.54) is 12.1 Å². The number of ether oxygens (including phenoxy) is 1. The van der Waals surface area contributed by atoms with Gasteiger partial charge in [-0.2, -0.15) is 0 Å². The highest BCUT2D eigenvalue weighted by Gasteiger charge is 2.17. The van der Waals surface area contributed by atoms with Crippen LogP contribution in [0.4, 0.5) is 4.39 Å². The van der Waals surface area contributed by atoms with Crippen LogP contribution in [-0.4, -0.2) is 22.5 Å². The van der Waals surface area contributed by atoms with Crippen LogP contribution in [0.2, 0.25) is 0 Å². The first-order valence-corrected chi connectivity index (χ1v) is 7.25. The van der Waals surface area contributed by atoms with Crippen molar-refractivity contribution < 1.29 is 13.9 Å². The van der Waals surface area contributed by atoms with Crippen LogP contribution in [0.5, 0.6) is 0 Å². The Kier molecular flexibility index (Phi) is 4.19. The number of pyridine rings is 1. The molecular weight excluding hydrogens is 295 g/mol. The van der Waals surface area contributed by atoms with E-state index in [4.69, 9.17) is 4.74 Å². The van der Waals surface area contributed by atoms with Gasteiger partial charge in [-0.1, -0.05) is 0 Å². The van der Waals surface area contributed by atoms with Crippen LogP contribution in [0.25, 0.3) is 22.4 Å². The van der Waals surface area contributed by atoms with E-state index in [1.54, 1.807) is 37.5 Å². The lowest BCUT2D eigenvalue weighted by atomic mass is 10.0. The summed E-state index contributed by atoms with van der Waals surface area (Å²) < 4.78 is 18.2. The molecule has 3 rings (SSSR count). The average Bonchev–Trinajstić information content (AvgIpc) is 3.02. The molecule has 0 radical (unpaired) electrons. The zero-order valence-corrected chi connectivity index (χ0v) is 12.5. The summed E-state index contributed by atoms with van der Waals surface area (Å²) >= 11 is 0. The molecule has 2 aromatic heterocycles. The largest absolute Gasteiger partial charge is 0.461 e. The molecule has 0 unspecified atom stereocenters. The number of carbonyl (C=O) groups is 1. The highest BCUT2D eigenvalue weighted by Crippen LogP contribution is 2.32. The summed E-state index contributed by atoms with van der Waals surface area (Å²) in [5.41, 5.74) is 3.62. The van der Waals surface area contributed by atoms with Crippen LogP contribution >= 0.6 is 0 Å². The van der Waals surface area contributed by atoms with Crippen molar-refractivity contribution in [2.45, 2.75) is 6.92 Å². The van der Waals surface area contributed by atoms with Gasteiger partial charge in [0.1, 0.15) is 11.5 Å². The van der Waals surface area contributed by atoms with E-state index in [1.807, 2.05) is 12.1 Å². The lowest BCUT2D eigenvalue weighted by Gasteiger charge is -2.04. The molecule has 4 nitrogen and oxygen atoms in total. The Labute approximate surface area is 133 Å². The van der Waals surface area contributed by atoms with E-state index in [0.29, 0.717) is 12.3 Å². The number of hydrogen-bond acceptors (Lipinski definition) is 3. The summed E-state index contributed by atoms with van der Waals surface area (Å²) in [6.45, 7) is 2.06. The van der Waals surface area contributed by atoms with E-state index in [-0.39, 0.29) is 5.82 Å². The number of halogens is 1. The van der Waals surface area contributed by atoms with Crippen molar-refractivity contribution >= 4 is 5.97 Å². The SMILES string of the molecule is CCOC(=O)c1cc(-c2ccncc2)c(-c2ccc(F)cc2)[nH]1. The number of rotatable bonds is 4. The average molecular weight is 310 g/mol. The Hall–Kier alpha value is -2.95. The fourth-order valence-electron chi connectivity index (χ4n) is 2.38. The highest BCUT2D eigenvalue weighted by molar-refractivity contribution is 5.93. The number of carbonyl (C=O) groups excluding carboxylic acids is 1. The van der Waals surface area contributed by atoms with Crippen molar-refractivity contribution in [3.05, 3.63) is 66.4 Å². The minimum Gasteiger partial charge on any atom is -0.461 e. The van der Waals surface area contributed by atoms with Crippen LogP contribution in [0.1, 0.15) is 17.4 Å². The molecular formula is C18H15FN2O2. The minimum absolute atomic E-state index is 0.300. The maximum Gasteiger partial charge on any atom is 0.354 e. The zero-order chi connectivity index (χ0) is 16.2. The van der Waals surface area contributed by atoms with Gasteiger partial charge < -0.3 is 9.72 Å². The van der Waals surface area contributed by atoms with Gasteiger partial charge in [-0.3, -0.25) is 4.98 Å². The van der Waals surface area contributed by atoms with Crippen molar-refractivity contribution in [3.8, 4) is 22.4 Å². The van der Waals surface area contributed by atoms with Gasteiger partial charge in [0, 0.05) is 18.0 Å². The Balaban J connectivity index is 2.12. The van der Waals surface area contributed by atoms with Crippen LogP contribution in [0, 0.1) is 5.82 Å². The Morgan fingerprint density at radius 3 is 2.48 bits per heavy atom. The molecule has 0 aliphatic rings. The third-order valence-electron chi connectivity index (χ3n) is 3.44. The number of esters is 1. The molecule has 0 bridgehead atoms. The number of benzene rings is 1. The molecule has 0 atom stereocenters. The van der Waals surface area contributed by atoms with Gasteiger partial charge >= 0.3 is 5.97 Å². The van der Waals surface area contributed by atoms with Gasteiger partial charge in [-0.05, 0) is 60.5 Å². The van der Waals surface area contributed by atoms with Crippen LogP contribution in [-0.2, 0) is 4.74 Å². The topological polar surface area (TPSA) is 55.0 Å². The van der Waals surface area contributed by atoms with Gasteiger partial charge in [-0.15, -0.1) is 0 Å². The molecule has 0 aliphatic carbocycles. The molecule has 1 N–H and O–H groups in total. The molecule has 3 aromatic rings. The van der Waals surface area contributed by atoms with E-state index in [9.17, 15) is 9.18 Å². The summed E-state index contributed by atoms with van der Waals surface area (Å²) in [6, 6.07) is 11.6. The Morgan fingerprint density at radius 2 is 1.83 bits per heavy atom. The minimum atomic E-state index is -0.420. The predicted octanol–water partition coefficient (Wildman–Crippen LogP) is 4.06.